The van der Waals surface area contributed by atoms with Crippen molar-refractivity contribution in [2.75, 3.05) is 5.32 Å². The first-order valence-corrected chi connectivity index (χ1v) is 11.0. The summed E-state index contributed by atoms with van der Waals surface area (Å²) in [5.74, 6) is -1.81. The molecule has 0 amide bonds. The molecule has 0 aliphatic carbocycles. The molecule has 0 saturated carbocycles. The number of carbonyl (C=O) groups is 1. The van der Waals surface area contributed by atoms with Crippen LogP contribution in [-0.2, 0) is 0 Å². The molecular weight excluding hydrogens is 449 g/mol. The topological polar surface area (TPSA) is 96.8 Å². The lowest BCUT2D eigenvalue weighted by Crippen LogP contribution is -2.13. The average molecular weight is 471 g/mol. The Kier molecular flexibility index (Phi) is 5.36. The molecule has 0 bridgehead atoms. The Hall–Kier alpha value is -4.46. The summed E-state index contributed by atoms with van der Waals surface area (Å²) in [5, 5.41) is 13.0. The lowest BCUT2D eigenvalue weighted by molar-refractivity contribution is 0.0693. The molecule has 0 aliphatic rings. The van der Waals surface area contributed by atoms with E-state index in [1.807, 2.05) is 48.8 Å². The molecule has 3 aromatic heterocycles. The maximum Gasteiger partial charge on any atom is 0.340 e. The SMILES string of the molecule is Cc1cc([C@@H](C)Nc2cccc(F)c2C(=O)O)c2oc(-c3ccc4nc(C)cn4c3)cc(=O)c2c1. The van der Waals surface area contributed by atoms with E-state index in [9.17, 15) is 19.1 Å². The number of aromatic nitrogens is 2. The molecule has 8 heteroatoms. The molecular formula is C27H22FN3O4. The average Bonchev–Trinajstić information content (AvgIpc) is 3.18. The highest BCUT2D eigenvalue weighted by atomic mass is 19.1. The predicted molar refractivity (Wildman–Crippen MR) is 132 cm³/mol. The van der Waals surface area contributed by atoms with Crippen LogP contribution in [-0.4, -0.2) is 20.5 Å². The van der Waals surface area contributed by atoms with Crippen LogP contribution in [0.5, 0.6) is 0 Å². The van der Waals surface area contributed by atoms with Crippen molar-refractivity contribution in [1.82, 2.24) is 9.38 Å². The van der Waals surface area contributed by atoms with E-state index in [-0.39, 0.29) is 11.1 Å². The van der Waals surface area contributed by atoms with Crippen molar-refractivity contribution in [3.63, 3.8) is 0 Å². The van der Waals surface area contributed by atoms with E-state index in [1.54, 1.807) is 13.0 Å². The minimum Gasteiger partial charge on any atom is -0.478 e. The van der Waals surface area contributed by atoms with Crippen LogP contribution >= 0.6 is 0 Å². The number of rotatable bonds is 5. The third kappa shape index (κ3) is 4.03. The van der Waals surface area contributed by atoms with Gasteiger partial charge in [-0.3, -0.25) is 4.79 Å². The summed E-state index contributed by atoms with van der Waals surface area (Å²) in [6, 6.07) is 12.3. The molecule has 3 heterocycles. The Morgan fingerprint density at radius 2 is 1.94 bits per heavy atom. The first-order chi connectivity index (χ1) is 16.7. The lowest BCUT2D eigenvalue weighted by atomic mass is 10.00. The first kappa shape index (κ1) is 22.3. The summed E-state index contributed by atoms with van der Waals surface area (Å²) in [5.41, 5.74) is 3.74. The van der Waals surface area contributed by atoms with Crippen LogP contribution in [0.3, 0.4) is 0 Å². The Morgan fingerprint density at radius 1 is 1.14 bits per heavy atom. The molecule has 5 aromatic rings. The lowest BCUT2D eigenvalue weighted by Gasteiger charge is -2.19. The van der Waals surface area contributed by atoms with Crippen molar-refractivity contribution in [3.8, 4) is 11.3 Å². The number of carboxylic acids is 1. The standard InChI is InChI=1S/C27H22FN3O4/c1-14-9-18(16(3)30-21-6-4-5-20(28)25(21)27(33)34)26-19(10-14)22(32)11-23(35-26)17-7-8-24-29-15(2)12-31(24)13-17/h4-13,16,30H,1-3H3,(H,33,34)/t16-/m1/s1. The van der Waals surface area contributed by atoms with Crippen LogP contribution in [0.15, 0.2) is 70.1 Å². The zero-order chi connectivity index (χ0) is 24.9. The van der Waals surface area contributed by atoms with Gasteiger partial charge < -0.3 is 19.2 Å². The van der Waals surface area contributed by atoms with Crippen molar-refractivity contribution in [2.24, 2.45) is 0 Å². The Labute approximate surface area is 199 Å². The summed E-state index contributed by atoms with van der Waals surface area (Å²) in [6.07, 6.45) is 3.73. The number of aromatic carboxylic acids is 1. The van der Waals surface area contributed by atoms with Crippen molar-refractivity contribution in [1.29, 1.82) is 0 Å². The van der Waals surface area contributed by atoms with Crippen LogP contribution < -0.4 is 10.7 Å². The molecule has 0 unspecified atom stereocenters. The monoisotopic (exact) mass is 471 g/mol. The number of benzene rings is 2. The fourth-order valence-corrected chi connectivity index (χ4v) is 4.34. The number of nitrogens with zero attached hydrogens (tertiary/aromatic N) is 2. The highest BCUT2D eigenvalue weighted by Gasteiger charge is 2.20. The molecule has 0 radical (unpaired) electrons. The van der Waals surface area contributed by atoms with E-state index in [1.165, 1.54) is 18.2 Å². The minimum absolute atomic E-state index is 0.138. The number of imidazole rings is 1. The molecule has 2 N–H and O–H groups in total. The highest BCUT2D eigenvalue weighted by molar-refractivity contribution is 5.94. The largest absolute Gasteiger partial charge is 0.478 e. The molecule has 7 nitrogen and oxygen atoms in total. The van der Waals surface area contributed by atoms with Gasteiger partial charge in [-0.1, -0.05) is 12.1 Å². The van der Waals surface area contributed by atoms with E-state index < -0.39 is 23.4 Å². The van der Waals surface area contributed by atoms with Crippen LogP contribution in [0, 0.1) is 19.7 Å². The number of nitrogens with one attached hydrogen (secondary N) is 1. The zero-order valence-corrected chi connectivity index (χ0v) is 19.3. The molecule has 1 atom stereocenters. The van der Waals surface area contributed by atoms with Gasteiger partial charge >= 0.3 is 5.97 Å². The fourth-order valence-electron chi connectivity index (χ4n) is 4.34. The molecule has 0 spiro atoms. The number of aryl methyl sites for hydroxylation is 2. The second-order valence-electron chi connectivity index (χ2n) is 8.60. The quantitative estimate of drug-likeness (QED) is 0.340. The third-order valence-electron chi connectivity index (χ3n) is 5.92. The van der Waals surface area contributed by atoms with Gasteiger partial charge in [-0.25, -0.2) is 14.2 Å². The van der Waals surface area contributed by atoms with Crippen molar-refractivity contribution >= 4 is 28.3 Å². The summed E-state index contributed by atoms with van der Waals surface area (Å²) >= 11 is 0. The molecule has 2 aromatic carbocycles. The van der Waals surface area contributed by atoms with E-state index in [2.05, 4.69) is 10.3 Å². The number of fused-ring (bicyclic) bond motifs is 2. The summed E-state index contributed by atoms with van der Waals surface area (Å²) in [7, 11) is 0. The van der Waals surface area contributed by atoms with Crippen molar-refractivity contribution in [2.45, 2.75) is 26.8 Å². The highest BCUT2D eigenvalue weighted by Crippen LogP contribution is 2.32. The third-order valence-corrected chi connectivity index (χ3v) is 5.92. The van der Waals surface area contributed by atoms with E-state index in [4.69, 9.17) is 4.42 Å². The summed E-state index contributed by atoms with van der Waals surface area (Å²) in [4.78, 5) is 29.1. The maximum atomic E-state index is 14.2. The number of anilines is 1. The van der Waals surface area contributed by atoms with Crippen molar-refractivity contribution in [3.05, 3.63) is 99.3 Å². The van der Waals surface area contributed by atoms with E-state index >= 15 is 0 Å². The minimum atomic E-state index is -1.37. The van der Waals surface area contributed by atoms with Gasteiger partial charge in [-0.05, 0) is 56.7 Å². The normalized spacial score (nSPS) is 12.2. The molecule has 0 fully saturated rings. The van der Waals surface area contributed by atoms with Gasteiger partial charge in [-0.15, -0.1) is 0 Å². The molecule has 0 saturated heterocycles. The zero-order valence-electron chi connectivity index (χ0n) is 19.3. The van der Waals surface area contributed by atoms with Crippen LogP contribution in [0.2, 0.25) is 0 Å². The maximum absolute atomic E-state index is 14.2. The van der Waals surface area contributed by atoms with Gasteiger partial charge in [0, 0.05) is 29.6 Å². The Balaban J connectivity index is 1.64. The van der Waals surface area contributed by atoms with Gasteiger partial charge in [0.1, 0.15) is 28.4 Å². The molecule has 5 rings (SSSR count). The Morgan fingerprint density at radius 3 is 2.71 bits per heavy atom. The number of carboxylic acid groups (broad SMARTS) is 1. The summed E-state index contributed by atoms with van der Waals surface area (Å²) in [6.45, 7) is 5.57. The number of hydrogen-bond acceptors (Lipinski definition) is 5. The van der Waals surface area contributed by atoms with Crippen molar-refractivity contribution < 1.29 is 18.7 Å². The van der Waals surface area contributed by atoms with E-state index in [0.29, 0.717) is 27.9 Å². The smallest absolute Gasteiger partial charge is 0.340 e. The number of pyridine rings is 1. The molecule has 35 heavy (non-hydrogen) atoms. The second kappa shape index (κ2) is 8.39. The number of hydrogen-bond donors (Lipinski definition) is 2. The van der Waals surface area contributed by atoms with Crippen LogP contribution in [0.4, 0.5) is 10.1 Å². The Bertz CT molecular complexity index is 1690. The molecule has 176 valence electrons. The first-order valence-electron chi connectivity index (χ1n) is 11.0. The van der Waals surface area contributed by atoms with Crippen LogP contribution in [0.1, 0.15) is 40.1 Å². The van der Waals surface area contributed by atoms with Crippen LogP contribution in [0.25, 0.3) is 27.9 Å². The predicted octanol–water partition coefficient (Wildman–Crippen LogP) is 5.73. The summed E-state index contributed by atoms with van der Waals surface area (Å²) < 4.78 is 22.3. The van der Waals surface area contributed by atoms with Gasteiger partial charge in [-0.2, -0.15) is 0 Å². The van der Waals surface area contributed by atoms with Gasteiger partial charge in [0.2, 0.25) is 0 Å². The molecule has 0 aliphatic heterocycles. The van der Waals surface area contributed by atoms with Gasteiger partial charge in [0.25, 0.3) is 0 Å². The van der Waals surface area contributed by atoms with E-state index in [0.717, 1.165) is 23.0 Å². The van der Waals surface area contributed by atoms with Gasteiger partial charge in [0.15, 0.2) is 5.43 Å². The van der Waals surface area contributed by atoms with Gasteiger partial charge in [0.05, 0.1) is 22.8 Å². The fraction of sp³-hybridized carbons (Fsp3) is 0.148. The number of halogens is 1. The second-order valence-corrected chi connectivity index (χ2v) is 8.60.